The van der Waals surface area contributed by atoms with E-state index in [1.807, 2.05) is 25.1 Å². The molecule has 1 rings (SSSR count). The van der Waals surface area contributed by atoms with Gasteiger partial charge in [0.25, 0.3) is 0 Å². The molecule has 0 aliphatic carbocycles. The molecule has 15 heavy (non-hydrogen) atoms. The highest BCUT2D eigenvalue weighted by Gasteiger charge is 2.02. The zero-order valence-electron chi connectivity index (χ0n) is 8.59. The van der Waals surface area contributed by atoms with E-state index in [0.717, 1.165) is 21.5 Å². The molecule has 0 unspecified atom stereocenters. The van der Waals surface area contributed by atoms with E-state index in [-0.39, 0.29) is 0 Å². The predicted molar refractivity (Wildman–Crippen MR) is 65.8 cm³/mol. The van der Waals surface area contributed by atoms with Gasteiger partial charge in [0.2, 0.25) is 0 Å². The number of ether oxygens (including phenoxy) is 2. The van der Waals surface area contributed by atoms with Gasteiger partial charge in [0, 0.05) is 5.54 Å². The molecule has 0 bridgehead atoms. The van der Waals surface area contributed by atoms with Crippen LogP contribution in [0.15, 0.2) is 33.8 Å². The van der Waals surface area contributed by atoms with E-state index in [4.69, 9.17) is 21.1 Å². The van der Waals surface area contributed by atoms with E-state index in [2.05, 4.69) is 15.9 Å². The van der Waals surface area contributed by atoms with Gasteiger partial charge in [-0.15, -0.1) is 0 Å². The van der Waals surface area contributed by atoms with E-state index in [1.54, 1.807) is 7.11 Å². The van der Waals surface area contributed by atoms with Gasteiger partial charge in [-0.2, -0.15) is 0 Å². The minimum Gasteiger partial charge on any atom is -0.497 e. The zero-order chi connectivity index (χ0) is 11.3. The average Bonchev–Trinajstić information content (AvgIpc) is 2.26. The molecule has 1 aromatic carbocycles. The molecule has 0 amide bonds. The minimum atomic E-state index is 0.481. The summed E-state index contributed by atoms with van der Waals surface area (Å²) in [6.07, 6.45) is 0. The first-order valence-corrected chi connectivity index (χ1v) is 5.62. The Kier molecular flexibility index (Phi) is 4.99. The van der Waals surface area contributed by atoms with Crippen molar-refractivity contribution in [3.8, 4) is 11.5 Å². The molecule has 0 fully saturated rings. The van der Waals surface area contributed by atoms with Gasteiger partial charge in [-0.1, -0.05) is 11.6 Å². The van der Waals surface area contributed by atoms with Crippen molar-refractivity contribution in [2.24, 2.45) is 0 Å². The SMILES string of the molecule is COc1ccc(OC/C(C)=C/Cl)c(Br)c1. The molecule has 0 aromatic heterocycles. The van der Waals surface area contributed by atoms with Crippen LogP contribution in [-0.2, 0) is 0 Å². The van der Waals surface area contributed by atoms with E-state index in [9.17, 15) is 0 Å². The molecule has 0 radical (unpaired) electrons. The molecule has 0 saturated heterocycles. The molecule has 0 N–H and O–H groups in total. The first-order chi connectivity index (χ1) is 7.17. The van der Waals surface area contributed by atoms with Crippen molar-refractivity contribution in [3.05, 3.63) is 33.8 Å². The Balaban J connectivity index is 2.70. The summed E-state index contributed by atoms with van der Waals surface area (Å²) in [6.45, 7) is 2.39. The summed E-state index contributed by atoms with van der Waals surface area (Å²) in [6, 6.07) is 5.55. The lowest BCUT2D eigenvalue weighted by molar-refractivity contribution is 0.348. The zero-order valence-corrected chi connectivity index (χ0v) is 10.9. The fourth-order valence-electron chi connectivity index (χ4n) is 0.949. The molecule has 82 valence electrons. The maximum absolute atomic E-state index is 5.53. The van der Waals surface area contributed by atoms with Crippen molar-refractivity contribution in [1.29, 1.82) is 0 Å². The Morgan fingerprint density at radius 2 is 2.27 bits per heavy atom. The Hall–Kier alpha value is -0.670. The summed E-state index contributed by atoms with van der Waals surface area (Å²) in [4.78, 5) is 0. The van der Waals surface area contributed by atoms with Crippen LogP contribution < -0.4 is 9.47 Å². The molecular formula is C11H12BrClO2. The third-order valence-corrected chi connectivity index (χ3v) is 2.77. The molecule has 0 atom stereocenters. The number of hydrogen-bond donors (Lipinski definition) is 0. The van der Waals surface area contributed by atoms with Crippen LogP contribution >= 0.6 is 27.5 Å². The number of hydrogen-bond acceptors (Lipinski definition) is 2. The third kappa shape index (κ3) is 3.76. The summed E-state index contributed by atoms with van der Waals surface area (Å²) in [7, 11) is 1.63. The summed E-state index contributed by atoms with van der Waals surface area (Å²) >= 11 is 8.93. The van der Waals surface area contributed by atoms with Gasteiger partial charge < -0.3 is 9.47 Å². The van der Waals surface area contributed by atoms with Crippen molar-refractivity contribution in [2.45, 2.75) is 6.92 Å². The van der Waals surface area contributed by atoms with Gasteiger partial charge in [0.1, 0.15) is 18.1 Å². The van der Waals surface area contributed by atoms with Crippen molar-refractivity contribution in [2.75, 3.05) is 13.7 Å². The highest BCUT2D eigenvalue weighted by molar-refractivity contribution is 9.10. The molecule has 0 saturated carbocycles. The van der Waals surface area contributed by atoms with E-state index >= 15 is 0 Å². The van der Waals surface area contributed by atoms with Crippen molar-refractivity contribution >= 4 is 27.5 Å². The van der Waals surface area contributed by atoms with Gasteiger partial charge in [0.05, 0.1) is 11.6 Å². The largest absolute Gasteiger partial charge is 0.497 e. The monoisotopic (exact) mass is 290 g/mol. The average molecular weight is 292 g/mol. The van der Waals surface area contributed by atoms with Crippen molar-refractivity contribution in [3.63, 3.8) is 0 Å². The van der Waals surface area contributed by atoms with Crippen LogP contribution in [0.1, 0.15) is 6.92 Å². The molecular weight excluding hydrogens is 279 g/mol. The molecule has 2 nitrogen and oxygen atoms in total. The molecule has 0 aliphatic heterocycles. The summed E-state index contributed by atoms with van der Waals surface area (Å²) < 4.78 is 11.5. The van der Waals surface area contributed by atoms with Crippen LogP contribution in [0.2, 0.25) is 0 Å². The fraction of sp³-hybridized carbons (Fsp3) is 0.273. The first kappa shape index (κ1) is 12.4. The summed E-state index contributed by atoms with van der Waals surface area (Å²) in [5.41, 5.74) is 2.48. The van der Waals surface area contributed by atoms with Crippen LogP contribution in [0.4, 0.5) is 0 Å². The number of rotatable bonds is 4. The van der Waals surface area contributed by atoms with Crippen LogP contribution in [0.25, 0.3) is 0 Å². The topological polar surface area (TPSA) is 18.5 Å². The van der Waals surface area contributed by atoms with Crippen LogP contribution in [0.3, 0.4) is 0 Å². The second kappa shape index (κ2) is 6.03. The third-order valence-electron chi connectivity index (χ3n) is 1.78. The van der Waals surface area contributed by atoms with Crippen LogP contribution in [-0.4, -0.2) is 13.7 Å². The van der Waals surface area contributed by atoms with Gasteiger partial charge in [-0.05, 0) is 46.6 Å². The molecule has 0 aliphatic rings. The molecule has 0 spiro atoms. The van der Waals surface area contributed by atoms with Gasteiger partial charge in [-0.25, -0.2) is 0 Å². The second-order valence-electron chi connectivity index (χ2n) is 3.04. The maximum atomic E-state index is 5.53. The second-order valence-corrected chi connectivity index (χ2v) is 4.11. The van der Waals surface area contributed by atoms with E-state index < -0.39 is 0 Å². The standard InChI is InChI=1S/C11H12BrClO2/c1-8(6-13)7-15-11-4-3-9(14-2)5-10(11)12/h3-6H,7H2,1-2H3/b8-6+. The Labute approximate surface area is 103 Å². The van der Waals surface area contributed by atoms with Crippen molar-refractivity contribution < 1.29 is 9.47 Å². The Morgan fingerprint density at radius 3 is 2.80 bits per heavy atom. The van der Waals surface area contributed by atoms with Crippen LogP contribution in [0.5, 0.6) is 11.5 Å². The fourth-order valence-corrected chi connectivity index (χ4v) is 1.48. The Bertz CT molecular complexity index is 364. The van der Waals surface area contributed by atoms with Gasteiger partial charge in [0.15, 0.2) is 0 Å². The van der Waals surface area contributed by atoms with Crippen molar-refractivity contribution in [1.82, 2.24) is 0 Å². The lowest BCUT2D eigenvalue weighted by Crippen LogP contribution is -1.98. The number of halogens is 2. The summed E-state index contributed by atoms with van der Waals surface area (Å²) in [5, 5.41) is 0. The maximum Gasteiger partial charge on any atom is 0.134 e. The molecule has 0 heterocycles. The van der Waals surface area contributed by atoms with Gasteiger partial charge in [-0.3, -0.25) is 0 Å². The lowest BCUT2D eigenvalue weighted by Gasteiger charge is -2.09. The number of methoxy groups -OCH3 is 1. The van der Waals surface area contributed by atoms with E-state index in [1.165, 1.54) is 5.54 Å². The van der Waals surface area contributed by atoms with Gasteiger partial charge >= 0.3 is 0 Å². The quantitative estimate of drug-likeness (QED) is 0.835. The smallest absolute Gasteiger partial charge is 0.134 e. The molecule has 1 aromatic rings. The summed E-state index contributed by atoms with van der Waals surface area (Å²) in [5.74, 6) is 1.56. The molecule has 4 heteroatoms. The number of benzene rings is 1. The first-order valence-electron chi connectivity index (χ1n) is 4.39. The lowest BCUT2D eigenvalue weighted by atomic mass is 10.3. The minimum absolute atomic E-state index is 0.481. The highest BCUT2D eigenvalue weighted by Crippen LogP contribution is 2.29. The normalized spacial score (nSPS) is 11.3. The Morgan fingerprint density at radius 1 is 1.53 bits per heavy atom. The van der Waals surface area contributed by atoms with Crippen LogP contribution in [0, 0.1) is 0 Å². The van der Waals surface area contributed by atoms with E-state index in [0.29, 0.717) is 6.61 Å². The highest BCUT2D eigenvalue weighted by atomic mass is 79.9. The predicted octanol–water partition coefficient (Wildman–Crippen LogP) is 3.98.